The summed E-state index contributed by atoms with van der Waals surface area (Å²) >= 11 is 0. The fourth-order valence-electron chi connectivity index (χ4n) is 2.82. The minimum atomic E-state index is -4.52. The van der Waals surface area contributed by atoms with E-state index >= 15 is 0 Å². The maximum Gasteiger partial charge on any atom is 0.418 e. The standard InChI is InChI=1S/C18H24F3N3O2/c1-17(2,3)16(26)24-10-8-23(9-11-24)12-15(25)22-14-7-5-4-6-13(14)18(19,20)21/h4-7H,8-12H2,1-3H3,(H,22,25). The summed E-state index contributed by atoms with van der Waals surface area (Å²) in [5.74, 6) is -0.446. The van der Waals surface area contributed by atoms with Gasteiger partial charge in [0.1, 0.15) is 0 Å². The molecule has 1 aromatic carbocycles. The van der Waals surface area contributed by atoms with Gasteiger partial charge in [0.2, 0.25) is 11.8 Å². The van der Waals surface area contributed by atoms with E-state index in [0.717, 1.165) is 6.07 Å². The number of alkyl halides is 3. The van der Waals surface area contributed by atoms with Gasteiger partial charge in [-0.2, -0.15) is 13.2 Å². The molecule has 0 spiro atoms. The average molecular weight is 371 g/mol. The van der Waals surface area contributed by atoms with Crippen LogP contribution in [-0.2, 0) is 15.8 Å². The van der Waals surface area contributed by atoms with E-state index in [-0.39, 0.29) is 18.1 Å². The van der Waals surface area contributed by atoms with Gasteiger partial charge in [0.25, 0.3) is 0 Å². The molecule has 0 unspecified atom stereocenters. The van der Waals surface area contributed by atoms with Gasteiger partial charge < -0.3 is 10.2 Å². The Hall–Kier alpha value is -2.09. The highest BCUT2D eigenvalue weighted by atomic mass is 19.4. The van der Waals surface area contributed by atoms with Gasteiger partial charge in [0.15, 0.2) is 0 Å². The molecule has 0 aliphatic carbocycles. The van der Waals surface area contributed by atoms with Crippen LogP contribution in [0.4, 0.5) is 18.9 Å². The van der Waals surface area contributed by atoms with E-state index in [1.54, 1.807) is 4.90 Å². The summed E-state index contributed by atoms with van der Waals surface area (Å²) in [5, 5.41) is 2.34. The van der Waals surface area contributed by atoms with Crippen molar-refractivity contribution in [1.82, 2.24) is 9.80 Å². The number of hydrogen-bond donors (Lipinski definition) is 1. The van der Waals surface area contributed by atoms with Gasteiger partial charge in [0.05, 0.1) is 17.8 Å². The van der Waals surface area contributed by atoms with Crippen molar-refractivity contribution in [3.63, 3.8) is 0 Å². The molecule has 1 aliphatic heterocycles. The van der Waals surface area contributed by atoms with E-state index < -0.39 is 23.1 Å². The third kappa shape index (κ3) is 5.20. The normalized spacial score (nSPS) is 16.5. The molecule has 0 aromatic heterocycles. The lowest BCUT2D eigenvalue weighted by atomic mass is 9.94. The number of benzene rings is 1. The number of piperazine rings is 1. The first kappa shape index (κ1) is 20.2. The second kappa shape index (κ2) is 7.65. The summed E-state index contributed by atoms with van der Waals surface area (Å²) in [6, 6.07) is 4.90. The first-order valence-electron chi connectivity index (χ1n) is 8.46. The highest BCUT2D eigenvalue weighted by molar-refractivity contribution is 5.93. The van der Waals surface area contributed by atoms with E-state index in [1.165, 1.54) is 18.2 Å². The Morgan fingerprint density at radius 2 is 1.62 bits per heavy atom. The fourth-order valence-corrected chi connectivity index (χ4v) is 2.82. The molecular weight excluding hydrogens is 347 g/mol. The number of halogens is 3. The number of nitrogens with zero attached hydrogens (tertiary/aromatic N) is 2. The highest BCUT2D eigenvalue weighted by Gasteiger charge is 2.34. The molecule has 5 nitrogen and oxygen atoms in total. The average Bonchev–Trinajstić information content (AvgIpc) is 2.53. The van der Waals surface area contributed by atoms with Crippen LogP contribution in [0.3, 0.4) is 0 Å². The Labute approximate surface area is 151 Å². The number of carbonyl (C=O) groups is 2. The Balaban J connectivity index is 1.90. The lowest BCUT2D eigenvalue weighted by molar-refractivity contribution is -0.141. The van der Waals surface area contributed by atoms with Crippen molar-refractivity contribution >= 4 is 17.5 Å². The Morgan fingerprint density at radius 1 is 1.04 bits per heavy atom. The van der Waals surface area contributed by atoms with E-state index in [4.69, 9.17) is 0 Å². The largest absolute Gasteiger partial charge is 0.418 e. The summed E-state index contributed by atoms with van der Waals surface area (Å²) in [5.41, 5.74) is -1.57. The smallest absolute Gasteiger partial charge is 0.340 e. The predicted octanol–water partition coefficient (Wildman–Crippen LogP) is 2.83. The molecule has 1 N–H and O–H groups in total. The molecule has 1 heterocycles. The van der Waals surface area contributed by atoms with Crippen molar-refractivity contribution in [1.29, 1.82) is 0 Å². The van der Waals surface area contributed by atoms with E-state index in [0.29, 0.717) is 26.2 Å². The third-order valence-electron chi connectivity index (χ3n) is 4.17. The molecule has 0 saturated carbocycles. The van der Waals surface area contributed by atoms with E-state index in [2.05, 4.69) is 5.32 Å². The number of carbonyl (C=O) groups excluding carboxylic acids is 2. The number of nitrogens with one attached hydrogen (secondary N) is 1. The van der Waals surface area contributed by atoms with Crippen molar-refractivity contribution in [2.24, 2.45) is 5.41 Å². The monoisotopic (exact) mass is 371 g/mol. The minimum Gasteiger partial charge on any atom is -0.340 e. The number of rotatable bonds is 3. The van der Waals surface area contributed by atoms with Gasteiger partial charge in [-0.3, -0.25) is 14.5 Å². The van der Waals surface area contributed by atoms with Crippen LogP contribution in [0.25, 0.3) is 0 Å². The van der Waals surface area contributed by atoms with E-state index in [9.17, 15) is 22.8 Å². The van der Waals surface area contributed by atoms with Crippen molar-refractivity contribution < 1.29 is 22.8 Å². The predicted molar refractivity (Wildman–Crippen MR) is 92.5 cm³/mol. The van der Waals surface area contributed by atoms with Gasteiger partial charge in [-0.1, -0.05) is 32.9 Å². The molecule has 144 valence electrons. The van der Waals surface area contributed by atoms with Crippen molar-refractivity contribution in [3.05, 3.63) is 29.8 Å². The summed E-state index contributed by atoms with van der Waals surface area (Å²) < 4.78 is 38.9. The maximum absolute atomic E-state index is 13.0. The minimum absolute atomic E-state index is 0.0102. The molecule has 1 fully saturated rings. The topological polar surface area (TPSA) is 52.7 Å². The first-order valence-corrected chi connectivity index (χ1v) is 8.46. The summed E-state index contributed by atoms with van der Waals surface area (Å²) in [6.45, 7) is 7.58. The molecule has 1 aromatic rings. The molecule has 2 rings (SSSR count). The Bertz CT molecular complexity index is 660. The van der Waals surface area contributed by atoms with Crippen molar-refractivity contribution in [2.75, 3.05) is 38.0 Å². The molecule has 8 heteroatoms. The van der Waals surface area contributed by atoms with Gasteiger partial charge in [-0.25, -0.2) is 0 Å². The molecule has 26 heavy (non-hydrogen) atoms. The quantitative estimate of drug-likeness (QED) is 0.889. The Morgan fingerprint density at radius 3 is 2.15 bits per heavy atom. The van der Waals surface area contributed by atoms with Gasteiger partial charge >= 0.3 is 6.18 Å². The molecule has 0 radical (unpaired) electrons. The van der Waals surface area contributed by atoms with Crippen LogP contribution in [0.2, 0.25) is 0 Å². The van der Waals surface area contributed by atoms with Crippen molar-refractivity contribution in [2.45, 2.75) is 26.9 Å². The molecule has 0 atom stereocenters. The second-order valence-corrected chi connectivity index (χ2v) is 7.41. The van der Waals surface area contributed by atoms with Gasteiger partial charge in [-0.15, -0.1) is 0 Å². The second-order valence-electron chi connectivity index (χ2n) is 7.41. The van der Waals surface area contributed by atoms with Crippen LogP contribution in [0.15, 0.2) is 24.3 Å². The fraction of sp³-hybridized carbons (Fsp3) is 0.556. The zero-order valence-electron chi connectivity index (χ0n) is 15.2. The number of hydrogen-bond acceptors (Lipinski definition) is 3. The van der Waals surface area contributed by atoms with Crippen LogP contribution < -0.4 is 5.32 Å². The zero-order valence-corrected chi connectivity index (χ0v) is 15.2. The van der Waals surface area contributed by atoms with Crippen LogP contribution in [-0.4, -0.2) is 54.3 Å². The molecule has 2 amide bonds. The molecule has 1 aliphatic rings. The van der Waals surface area contributed by atoms with Gasteiger partial charge in [-0.05, 0) is 12.1 Å². The van der Waals surface area contributed by atoms with Gasteiger partial charge in [0, 0.05) is 31.6 Å². The van der Waals surface area contributed by atoms with E-state index in [1.807, 2.05) is 25.7 Å². The summed E-state index contributed by atoms with van der Waals surface area (Å²) in [6.07, 6.45) is -4.52. The van der Waals surface area contributed by atoms with Crippen LogP contribution in [0, 0.1) is 5.41 Å². The van der Waals surface area contributed by atoms with Crippen molar-refractivity contribution in [3.8, 4) is 0 Å². The zero-order chi connectivity index (χ0) is 19.5. The summed E-state index contributed by atoms with van der Waals surface area (Å²) in [4.78, 5) is 28.0. The number of anilines is 1. The van der Waals surface area contributed by atoms with Crippen LogP contribution >= 0.6 is 0 Å². The SMILES string of the molecule is CC(C)(C)C(=O)N1CCN(CC(=O)Nc2ccccc2C(F)(F)F)CC1. The Kier molecular flexibility index (Phi) is 5.95. The summed E-state index contributed by atoms with van der Waals surface area (Å²) in [7, 11) is 0. The lowest BCUT2D eigenvalue weighted by Crippen LogP contribution is -2.52. The molecule has 1 saturated heterocycles. The number of amides is 2. The van der Waals surface area contributed by atoms with Crippen LogP contribution in [0.5, 0.6) is 0 Å². The maximum atomic E-state index is 13.0. The lowest BCUT2D eigenvalue weighted by Gasteiger charge is -2.37. The third-order valence-corrected chi connectivity index (χ3v) is 4.17. The van der Waals surface area contributed by atoms with Crippen LogP contribution in [0.1, 0.15) is 26.3 Å². The number of para-hydroxylation sites is 1. The highest BCUT2D eigenvalue weighted by Crippen LogP contribution is 2.34. The molecular formula is C18H24F3N3O2. The molecule has 0 bridgehead atoms. The first-order chi connectivity index (χ1) is 12.0.